The Balaban J connectivity index is 2.18. The highest BCUT2D eigenvalue weighted by Crippen LogP contribution is 2.40. The predicted octanol–water partition coefficient (Wildman–Crippen LogP) is 4.42. The Bertz CT molecular complexity index is 1040. The van der Waals surface area contributed by atoms with Gasteiger partial charge in [-0.2, -0.15) is 8.42 Å². The first-order valence-corrected chi connectivity index (χ1v) is 11.1. The van der Waals surface area contributed by atoms with E-state index in [1.807, 2.05) is 26.8 Å². The summed E-state index contributed by atoms with van der Waals surface area (Å²) >= 11 is 0.897. The lowest BCUT2D eigenvalue weighted by Gasteiger charge is -2.36. The fraction of sp³-hybridized carbons (Fsp3) is 0.316. The number of hydrogen-bond acceptors (Lipinski definition) is 7. The van der Waals surface area contributed by atoms with Crippen molar-refractivity contribution in [2.45, 2.75) is 43.9 Å². The quantitative estimate of drug-likeness (QED) is 0.566. The van der Waals surface area contributed by atoms with E-state index in [2.05, 4.69) is 5.32 Å². The molecule has 9 heteroatoms. The van der Waals surface area contributed by atoms with Crippen molar-refractivity contribution in [2.75, 3.05) is 5.32 Å². The van der Waals surface area contributed by atoms with Crippen molar-refractivity contribution in [1.82, 2.24) is 4.21 Å². The molecule has 1 aromatic heterocycles. The third kappa shape index (κ3) is 3.46. The second-order valence-electron chi connectivity index (χ2n) is 7.13. The smallest absolute Gasteiger partial charge is 0.380 e. The molecule has 0 amide bonds. The van der Waals surface area contributed by atoms with Gasteiger partial charge < -0.3 is 10.5 Å². The van der Waals surface area contributed by atoms with Gasteiger partial charge in [-0.3, -0.25) is 4.84 Å². The molecule has 2 aromatic rings. The average Bonchev–Trinajstić information content (AvgIpc) is 3.15. The average molecular weight is 423 g/mol. The first-order valence-electron chi connectivity index (χ1n) is 8.74. The van der Waals surface area contributed by atoms with Crippen LogP contribution >= 0.6 is 11.3 Å². The fourth-order valence-electron chi connectivity index (χ4n) is 3.11. The standard InChI is InChI=1S/C19H22N2O5S2/c1-5-17(22)26-21(23,28(24,25)18-7-6-10-27-18)14-8-9-16-15(11-14)13(2)12-19(3,4)20-16/h6-12,20H,5H2,1-4H3. The van der Waals surface area contributed by atoms with Gasteiger partial charge in [0.2, 0.25) is 0 Å². The normalized spacial score (nSPS) is 17.7. The van der Waals surface area contributed by atoms with Crippen LogP contribution in [0, 0.1) is 5.21 Å². The maximum absolute atomic E-state index is 13.6. The molecule has 3 rings (SSSR count). The summed E-state index contributed by atoms with van der Waals surface area (Å²) in [6.07, 6.45) is 1.87. The summed E-state index contributed by atoms with van der Waals surface area (Å²) in [6.45, 7) is 7.39. The third-order valence-electron chi connectivity index (χ3n) is 4.35. The fourth-order valence-corrected chi connectivity index (χ4v) is 5.56. The number of nitrogens with one attached hydrogen (secondary N) is 1. The molecule has 2 heterocycles. The van der Waals surface area contributed by atoms with Crippen molar-refractivity contribution >= 4 is 44.3 Å². The minimum atomic E-state index is -4.56. The van der Waals surface area contributed by atoms with Crippen LogP contribution in [-0.2, 0) is 19.7 Å². The minimum Gasteiger partial charge on any atom is -0.568 e. The van der Waals surface area contributed by atoms with Crippen LogP contribution in [0.3, 0.4) is 0 Å². The first kappa shape index (κ1) is 20.5. The molecule has 1 atom stereocenters. The van der Waals surface area contributed by atoms with E-state index in [-0.39, 0.29) is 21.9 Å². The molecule has 7 nitrogen and oxygen atoms in total. The van der Waals surface area contributed by atoms with Gasteiger partial charge in [0.05, 0.1) is 5.54 Å². The van der Waals surface area contributed by atoms with Crippen molar-refractivity contribution < 1.29 is 18.0 Å². The highest BCUT2D eigenvalue weighted by Gasteiger charge is 2.44. The molecule has 1 aliphatic heterocycles. The number of carbonyl (C=O) groups excluding carboxylic acids is 1. The molecule has 0 bridgehead atoms. The summed E-state index contributed by atoms with van der Waals surface area (Å²) in [6, 6.07) is 7.32. The zero-order valence-corrected chi connectivity index (χ0v) is 17.7. The zero-order valence-electron chi connectivity index (χ0n) is 16.1. The van der Waals surface area contributed by atoms with Gasteiger partial charge in [0.25, 0.3) is 0 Å². The van der Waals surface area contributed by atoms with E-state index in [0.717, 1.165) is 22.6 Å². The van der Waals surface area contributed by atoms with Crippen LogP contribution in [0.5, 0.6) is 0 Å². The van der Waals surface area contributed by atoms with Gasteiger partial charge in [-0.15, -0.1) is 11.3 Å². The molecule has 0 aliphatic carbocycles. The summed E-state index contributed by atoms with van der Waals surface area (Å²) in [7, 11) is -4.56. The van der Waals surface area contributed by atoms with Gasteiger partial charge in [0, 0.05) is 29.8 Å². The number of thiophene rings is 1. The van der Waals surface area contributed by atoms with Gasteiger partial charge in [0.1, 0.15) is 0 Å². The highest BCUT2D eigenvalue weighted by atomic mass is 32.2. The Labute approximate surface area is 168 Å². The van der Waals surface area contributed by atoms with E-state index in [1.165, 1.54) is 31.2 Å². The minimum absolute atomic E-state index is 0.123. The van der Waals surface area contributed by atoms with Crippen LogP contribution in [-0.4, -0.2) is 19.9 Å². The lowest BCUT2D eigenvalue weighted by Crippen LogP contribution is -2.49. The third-order valence-corrected chi connectivity index (χ3v) is 7.50. The number of hydrogen-bond donors (Lipinski definition) is 1. The molecule has 0 spiro atoms. The van der Waals surface area contributed by atoms with Crippen molar-refractivity contribution in [3.8, 4) is 0 Å². The Hall–Kier alpha value is -2.20. The molecule has 28 heavy (non-hydrogen) atoms. The number of nitrogens with zero attached hydrogens (tertiary/aromatic N) is 1. The number of anilines is 1. The van der Waals surface area contributed by atoms with Crippen LogP contribution in [0.2, 0.25) is 0 Å². The summed E-state index contributed by atoms with van der Waals surface area (Å²) in [4.78, 5) is 16.9. The SMILES string of the molecule is CCC(=O)O[N+]([O-])(c1ccc2c(c1)C(C)=CC(C)(C)N2)S(=O)(=O)c1cccs1. The van der Waals surface area contributed by atoms with Crippen LogP contribution in [0.1, 0.15) is 39.7 Å². The van der Waals surface area contributed by atoms with Crippen LogP contribution in [0.15, 0.2) is 46.0 Å². The number of quaternary nitrogens is 1. The maximum atomic E-state index is 13.6. The van der Waals surface area contributed by atoms with E-state index in [0.29, 0.717) is 5.56 Å². The van der Waals surface area contributed by atoms with E-state index < -0.39 is 20.2 Å². The van der Waals surface area contributed by atoms with Gasteiger partial charge in [-0.05, 0) is 54.1 Å². The first-order chi connectivity index (χ1) is 13.0. The molecule has 1 aromatic carbocycles. The highest BCUT2D eigenvalue weighted by molar-refractivity contribution is 7.92. The molecular formula is C19H22N2O5S2. The molecule has 150 valence electrons. The summed E-state index contributed by atoms with van der Waals surface area (Å²) < 4.78 is 23.8. The topological polar surface area (TPSA) is 95.5 Å². The lowest BCUT2D eigenvalue weighted by atomic mass is 9.91. The summed E-state index contributed by atoms with van der Waals surface area (Å²) in [5.74, 6) is -0.903. The van der Waals surface area contributed by atoms with Gasteiger partial charge in [0.15, 0.2) is 9.90 Å². The van der Waals surface area contributed by atoms with Gasteiger partial charge >= 0.3 is 16.0 Å². The predicted molar refractivity (Wildman–Crippen MR) is 111 cm³/mol. The lowest BCUT2D eigenvalue weighted by molar-refractivity contribution is -0.160. The van der Waals surface area contributed by atoms with Crippen molar-refractivity contribution in [3.63, 3.8) is 0 Å². The molecule has 0 radical (unpaired) electrons. The van der Waals surface area contributed by atoms with E-state index in [1.54, 1.807) is 11.4 Å². The number of carbonyl (C=O) groups is 1. The second kappa shape index (κ2) is 7.00. The van der Waals surface area contributed by atoms with E-state index >= 15 is 0 Å². The molecule has 0 saturated heterocycles. The van der Waals surface area contributed by atoms with E-state index in [9.17, 15) is 18.4 Å². The van der Waals surface area contributed by atoms with Crippen LogP contribution in [0.4, 0.5) is 11.4 Å². The van der Waals surface area contributed by atoms with Crippen molar-refractivity contribution in [1.29, 1.82) is 0 Å². The van der Waals surface area contributed by atoms with Crippen molar-refractivity contribution in [2.24, 2.45) is 0 Å². The summed E-state index contributed by atoms with van der Waals surface area (Å²) in [5, 5.41) is 18.5. The largest absolute Gasteiger partial charge is 0.568 e. The molecule has 0 saturated carbocycles. The summed E-state index contributed by atoms with van der Waals surface area (Å²) in [5.41, 5.74) is 1.88. The molecule has 1 unspecified atom stereocenters. The number of rotatable bonds is 5. The van der Waals surface area contributed by atoms with E-state index in [4.69, 9.17) is 4.84 Å². The molecule has 1 aliphatic rings. The maximum Gasteiger partial charge on any atom is 0.380 e. The number of allylic oxidation sites excluding steroid dienone is 1. The van der Waals surface area contributed by atoms with Gasteiger partial charge in [-0.1, -0.05) is 13.0 Å². The number of sulfonamides is 1. The Morgan fingerprint density at radius 2 is 2.04 bits per heavy atom. The molecular weight excluding hydrogens is 400 g/mol. The second-order valence-corrected chi connectivity index (χ2v) is 10.2. The Kier molecular flexibility index (Phi) is 5.13. The van der Waals surface area contributed by atoms with Crippen molar-refractivity contribution in [3.05, 3.63) is 52.6 Å². The number of fused-ring (bicyclic) bond motifs is 1. The van der Waals surface area contributed by atoms with Gasteiger partial charge in [-0.25, -0.2) is 4.79 Å². The molecule has 0 fully saturated rings. The monoisotopic (exact) mass is 422 g/mol. The van der Waals surface area contributed by atoms with Crippen LogP contribution in [0.25, 0.3) is 5.57 Å². The van der Waals surface area contributed by atoms with Crippen LogP contribution < -0.4 is 9.53 Å². The Morgan fingerprint density at radius 3 is 2.64 bits per heavy atom. The zero-order chi connectivity index (χ0) is 20.7. The Morgan fingerprint density at radius 1 is 1.32 bits per heavy atom. The number of benzene rings is 1. The molecule has 1 N–H and O–H groups in total.